The van der Waals surface area contributed by atoms with Crippen LogP contribution in [0.2, 0.25) is 0 Å². The van der Waals surface area contributed by atoms with Crippen LogP contribution in [0.25, 0.3) is 0 Å². The lowest BCUT2D eigenvalue weighted by Crippen LogP contribution is -2.23. The van der Waals surface area contributed by atoms with E-state index in [9.17, 15) is 18.5 Å². The SMILES string of the molecule is CNc1sc(S(=O)(=O)NCc2noc(C)n2)cc1[N+](=O)[O-]. The van der Waals surface area contributed by atoms with Gasteiger partial charge in [-0.1, -0.05) is 16.5 Å². The van der Waals surface area contributed by atoms with Gasteiger partial charge in [-0.05, 0) is 0 Å². The minimum atomic E-state index is -3.89. The summed E-state index contributed by atoms with van der Waals surface area (Å²) in [5, 5.41) is 17.1. The molecule has 2 heterocycles. The van der Waals surface area contributed by atoms with Gasteiger partial charge >= 0.3 is 5.69 Å². The smallest absolute Gasteiger partial charge is 0.304 e. The standard InChI is InChI=1S/C9H11N5O5S2/c1-5-12-7(13-19-5)4-11-21(17,18)8-3-6(14(15)16)9(10-2)20-8/h3,10-11H,4H2,1-2H3. The highest BCUT2D eigenvalue weighted by Crippen LogP contribution is 2.36. The fraction of sp³-hybridized carbons (Fsp3) is 0.333. The predicted molar refractivity (Wildman–Crippen MR) is 73.6 cm³/mol. The van der Waals surface area contributed by atoms with Crippen LogP contribution in [-0.2, 0) is 16.6 Å². The normalized spacial score (nSPS) is 11.5. The summed E-state index contributed by atoms with van der Waals surface area (Å²) in [7, 11) is -2.42. The largest absolute Gasteiger partial charge is 0.374 e. The van der Waals surface area contributed by atoms with Crippen LogP contribution in [0.15, 0.2) is 14.8 Å². The van der Waals surface area contributed by atoms with E-state index in [1.165, 1.54) is 7.05 Å². The summed E-state index contributed by atoms with van der Waals surface area (Å²) in [6.07, 6.45) is 0. The number of aryl methyl sites for hydroxylation is 1. The van der Waals surface area contributed by atoms with E-state index in [1.54, 1.807) is 6.92 Å². The predicted octanol–water partition coefficient (Wildman–Crippen LogP) is 0.868. The molecule has 0 saturated carbocycles. The molecule has 0 spiro atoms. The summed E-state index contributed by atoms with van der Waals surface area (Å²) in [6, 6.07) is 1.00. The average Bonchev–Trinajstić information content (AvgIpc) is 3.02. The van der Waals surface area contributed by atoms with Gasteiger partial charge in [0.05, 0.1) is 11.5 Å². The van der Waals surface area contributed by atoms with E-state index in [4.69, 9.17) is 4.52 Å². The Bertz CT molecular complexity index is 765. The minimum Gasteiger partial charge on any atom is -0.374 e. The van der Waals surface area contributed by atoms with Crippen molar-refractivity contribution in [2.45, 2.75) is 17.7 Å². The van der Waals surface area contributed by atoms with Crippen molar-refractivity contribution in [3.63, 3.8) is 0 Å². The molecule has 2 N–H and O–H groups in total. The second kappa shape index (κ2) is 5.75. The van der Waals surface area contributed by atoms with E-state index in [2.05, 4.69) is 20.2 Å². The Morgan fingerprint density at radius 1 is 1.52 bits per heavy atom. The second-order valence-corrected chi connectivity index (χ2v) is 6.89. The van der Waals surface area contributed by atoms with Gasteiger partial charge in [0, 0.05) is 20.0 Å². The van der Waals surface area contributed by atoms with Gasteiger partial charge in [-0.3, -0.25) is 10.1 Å². The number of aromatic nitrogens is 2. The van der Waals surface area contributed by atoms with Gasteiger partial charge in [0.25, 0.3) is 10.0 Å². The molecule has 0 amide bonds. The number of sulfonamides is 1. The van der Waals surface area contributed by atoms with Gasteiger partial charge in [-0.15, -0.1) is 0 Å². The molecule has 0 atom stereocenters. The number of thiophene rings is 1. The van der Waals surface area contributed by atoms with Crippen LogP contribution < -0.4 is 10.0 Å². The van der Waals surface area contributed by atoms with E-state index in [1.807, 2.05) is 0 Å². The van der Waals surface area contributed by atoms with E-state index in [0.717, 1.165) is 17.4 Å². The molecule has 0 aliphatic heterocycles. The summed E-state index contributed by atoms with van der Waals surface area (Å²) in [5.41, 5.74) is -0.293. The number of anilines is 1. The first-order valence-corrected chi connectivity index (χ1v) is 7.88. The summed E-state index contributed by atoms with van der Waals surface area (Å²) in [5.74, 6) is 0.490. The van der Waals surface area contributed by atoms with Crippen molar-refractivity contribution in [3.8, 4) is 0 Å². The molecule has 21 heavy (non-hydrogen) atoms. The van der Waals surface area contributed by atoms with Crippen LogP contribution in [0.4, 0.5) is 10.7 Å². The van der Waals surface area contributed by atoms with Crippen LogP contribution >= 0.6 is 11.3 Å². The number of nitro groups is 1. The molecule has 0 radical (unpaired) electrons. The van der Waals surface area contributed by atoms with Crippen LogP contribution in [0.5, 0.6) is 0 Å². The third-order valence-electron chi connectivity index (χ3n) is 2.37. The quantitative estimate of drug-likeness (QED) is 0.586. The van der Waals surface area contributed by atoms with E-state index in [-0.39, 0.29) is 27.3 Å². The van der Waals surface area contributed by atoms with Crippen LogP contribution in [0, 0.1) is 17.0 Å². The van der Waals surface area contributed by atoms with E-state index >= 15 is 0 Å². The Morgan fingerprint density at radius 3 is 2.71 bits per heavy atom. The Labute approximate surface area is 123 Å². The van der Waals surface area contributed by atoms with Crippen LogP contribution in [0.3, 0.4) is 0 Å². The van der Waals surface area contributed by atoms with Crippen molar-refractivity contribution < 1.29 is 17.9 Å². The van der Waals surface area contributed by atoms with E-state index in [0.29, 0.717) is 5.89 Å². The Balaban J connectivity index is 2.21. The zero-order chi connectivity index (χ0) is 15.6. The summed E-state index contributed by atoms with van der Waals surface area (Å²) < 4.78 is 31.0. The van der Waals surface area contributed by atoms with Crippen LogP contribution in [-0.4, -0.2) is 30.5 Å². The number of hydrogen-bond donors (Lipinski definition) is 2. The fourth-order valence-electron chi connectivity index (χ4n) is 1.45. The maximum Gasteiger partial charge on any atom is 0.304 e. The lowest BCUT2D eigenvalue weighted by Gasteiger charge is -2.00. The summed E-state index contributed by atoms with van der Waals surface area (Å²) >= 11 is 0.768. The molecule has 0 unspecified atom stereocenters. The Morgan fingerprint density at radius 2 is 2.24 bits per heavy atom. The average molecular weight is 333 g/mol. The maximum absolute atomic E-state index is 12.1. The molecule has 0 aromatic carbocycles. The molecule has 0 bridgehead atoms. The van der Waals surface area contributed by atoms with E-state index < -0.39 is 14.9 Å². The number of hydrogen-bond acceptors (Lipinski definition) is 9. The topological polar surface area (TPSA) is 140 Å². The van der Waals surface area contributed by atoms with Gasteiger partial charge in [0.2, 0.25) is 5.89 Å². The third kappa shape index (κ3) is 3.34. The maximum atomic E-state index is 12.1. The van der Waals surface area contributed by atoms with Gasteiger partial charge < -0.3 is 9.84 Å². The van der Waals surface area contributed by atoms with Crippen molar-refractivity contribution in [2.75, 3.05) is 12.4 Å². The molecule has 2 aromatic heterocycles. The summed E-state index contributed by atoms with van der Waals surface area (Å²) in [6.45, 7) is 1.41. The first-order valence-electron chi connectivity index (χ1n) is 5.58. The van der Waals surface area contributed by atoms with Crippen molar-refractivity contribution in [3.05, 3.63) is 27.9 Å². The summed E-state index contributed by atoms with van der Waals surface area (Å²) in [4.78, 5) is 14.0. The molecule has 2 rings (SSSR count). The molecule has 0 aliphatic rings. The highest BCUT2D eigenvalue weighted by molar-refractivity contribution is 7.91. The zero-order valence-electron chi connectivity index (χ0n) is 11.0. The monoisotopic (exact) mass is 333 g/mol. The molecule has 0 saturated heterocycles. The molecule has 10 nitrogen and oxygen atoms in total. The minimum absolute atomic E-state index is 0.163. The lowest BCUT2D eigenvalue weighted by atomic mass is 10.5. The highest BCUT2D eigenvalue weighted by atomic mass is 32.2. The first kappa shape index (κ1) is 15.3. The zero-order valence-corrected chi connectivity index (χ0v) is 12.6. The Hall–Kier alpha value is -2.05. The fourth-order valence-corrected chi connectivity index (χ4v) is 3.76. The second-order valence-electron chi connectivity index (χ2n) is 3.84. The third-order valence-corrected chi connectivity index (χ3v) is 5.39. The number of nitrogens with zero attached hydrogens (tertiary/aromatic N) is 3. The Kier molecular flexibility index (Phi) is 4.20. The number of nitrogens with one attached hydrogen (secondary N) is 2. The molecule has 0 aliphatic carbocycles. The number of rotatable bonds is 6. The lowest BCUT2D eigenvalue weighted by molar-refractivity contribution is -0.383. The van der Waals surface area contributed by atoms with Gasteiger partial charge in [0.15, 0.2) is 10.8 Å². The molecule has 2 aromatic rings. The van der Waals surface area contributed by atoms with Crippen molar-refractivity contribution in [1.29, 1.82) is 0 Å². The van der Waals surface area contributed by atoms with Gasteiger partial charge in [-0.2, -0.15) is 4.98 Å². The molecule has 114 valence electrons. The molecule has 0 fully saturated rings. The molecule has 12 heteroatoms. The van der Waals surface area contributed by atoms with Crippen molar-refractivity contribution in [2.24, 2.45) is 0 Å². The molecular weight excluding hydrogens is 322 g/mol. The first-order chi connectivity index (χ1) is 9.83. The highest BCUT2D eigenvalue weighted by Gasteiger charge is 2.25. The van der Waals surface area contributed by atoms with Gasteiger partial charge in [0.1, 0.15) is 4.21 Å². The van der Waals surface area contributed by atoms with Crippen molar-refractivity contribution >= 4 is 32.0 Å². The van der Waals surface area contributed by atoms with Gasteiger partial charge in [-0.25, -0.2) is 13.1 Å². The van der Waals surface area contributed by atoms with Crippen molar-refractivity contribution in [1.82, 2.24) is 14.9 Å². The van der Waals surface area contributed by atoms with Crippen LogP contribution in [0.1, 0.15) is 11.7 Å². The molecular formula is C9H11N5O5S2.